The number of carbonyl (C=O) groups is 1. The first kappa shape index (κ1) is 13.7. The van der Waals surface area contributed by atoms with Crippen LogP contribution < -0.4 is 11.1 Å². The number of thiazole rings is 1. The number of carbonyl (C=O) groups excluding carboxylic acids is 1. The van der Waals surface area contributed by atoms with Crippen LogP contribution in [0.2, 0.25) is 0 Å². The summed E-state index contributed by atoms with van der Waals surface area (Å²) in [6.07, 6.45) is 0.544. The van der Waals surface area contributed by atoms with Gasteiger partial charge in [0.05, 0.1) is 23.3 Å². The fourth-order valence-corrected chi connectivity index (χ4v) is 2.37. The number of aromatic nitrogens is 1. The average molecular weight is 275 g/mol. The van der Waals surface area contributed by atoms with Gasteiger partial charge < -0.3 is 11.1 Å². The lowest BCUT2D eigenvalue weighted by Gasteiger charge is -2.11. The number of hydrogen-bond acceptors (Lipinski definition) is 4. The largest absolute Gasteiger partial charge is 0.349 e. The lowest BCUT2D eigenvalue weighted by Crippen LogP contribution is -2.41. The summed E-state index contributed by atoms with van der Waals surface area (Å²) in [5.74, 6) is -0.144. The van der Waals surface area contributed by atoms with E-state index < -0.39 is 6.04 Å². The molecule has 0 aliphatic rings. The Hall–Kier alpha value is -1.72. The lowest BCUT2D eigenvalue weighted by atomic mass is 10.1. The van der Waals surface area contributed by atoms with Crippen molar-refractivity contribution in [1.29, 1.82) is 0 Å². The molecule has 2 aromatic rings. The zero-order valence-electron chi connectivity index (χ0n) is 10.8. The van der Waals surface area contributed by atoms with E-state index in [9.17, 15) is 4.79 Å². The van der Waals surface area contributed by atoms with Gasteiger partial charge in [-0.25, -0.2) is 4.98 Å². The van der Waals surface area contributed by atoms with Crippen molar-refractivity contribution in [2.75, 3.05) is 0 Å². The zero-order chi connectivity index (χ0) is 13.7. The van der Waals surface area contributed by atoms with Crippen LogP contribution in [-0.4, -0.2) is 16.9 Å². The number of amides is 1. The minimum Gasteiger partial charge on any atom is -0.349 e. The van der Waals surface area contributed by atoms with Crippen LogP contribution in [0.25, 0.3) is 0 Å². The second-order valence-corrected chi connectivity index (χ2v) is 5.43. The van der Waals surface area contributed by atoms with E-state index in [-0.39, 0.29) is 5.91 Å². The zero-order valence-corrected chi connectivity index (χ0v) is 11.6. The van der Waals surface area contributed by atoms with Gasteiger partial charge >= 0.3 is 0 Å². The van der Waals surface area contributed by atoms with Crippen molar-refractivity contribution in [2.24, 2.45) is 5.73 Å². The lowest BCUT2D eigenvalue weighted by molar-refractivity contribution is -0.122. The van der Waals surface area contributed by atoms with Crippen molar-refractivity contribution in [3.63, 3.8) is 0 Å². The molecule has 0 saturated carbocycles. The first-order valence-electron chi connectivity index (χ1n) is 6.13. The second kappa shape index (κ2) is 6.45. The number of rotatable bonds is 5. The molecule has 100 valence electrons. The van der Waals surface area contributed by atoms with E-state index in [1.54, 1.807) is 11.3 Å². The van der Waals surface area contributed by atoms with E-state index >= 15 is 0 Å². The minimum atomic E-state index is -0.526. The van der Waals surface area contributed by atoms with Gasteiger partial charge in [-0.1, -0.05) is 30.3 Å². The Morgan fingerprint density at radius 3 is 2.79 bits per heavy atom. The van der Waals surface area contributed by atoms with E-state index in [1.807, 2.05) is 42.6 Å². The Morgan fingerprint density at radius 2 is 2.16 bits per heavy atom. The molecule has 4 nitrogen and oxygen atoms in total. The molecule has 0 aliphatic carbocycles. The Labute approximate surface area is 116 Å². The average Bonchev–Trinajstić information content (AvgIpc) is 2.83. The number of aryl methyl sites for hydroxylation is 1. The highest BCUT2D eigenvalue weighted by Crippen LogP contribution is 2.07. The van der Waals surface area contributed by atoms with Crippen LogP contribution in [0.1, 0.15) is 16.3 Å². The van der Waals surface area contributed by atoms with Crippen LogP contribution in [0.15, 0.2) is 35.7 Å². The quantitative estimate of drug-likeness (QED) is 0.871. The van der Waals surface area contributed by atoms with Gasteiger partial charge in [0.1, 0.15) is 0 Å². The fourth-order valence-electron chi connectivity index (χ4n) is 1.76. The molecule has 19 heavy (non-hydrogen) atoms. The molecule has 5 heteroatoms. The third-order valence-electron chi connectivity index (χ3n) is 2.75. The highest BCUT2D eigenvalue weighted by molar-refractivity contribution is 7.09. The monoisotopic (exact) mass is 275 g/mol. The molecule has 0 fully saturated rings. The maximum atomic E-state index is 11.9. The summed E-state index contributed by atoms with van der Waals surface area (Å²) in [6, 6.07) is 9.24. The molecule has 1 atom stereocenters. The Balaban J connectivity index is 1.82. The van der Waals surface area contributed by atoms with E-state index in [2.05, 4.69) is 10.3 Å². The van der Waals surface area contributed by atoms with Crippen molar-refractivity contribution in [3.05, 3.63) is 52.0 Å². The number of hydrogen-bond donors (Lipinski definition) is 2. The molecule has 0 saturated heterocycles. The summed E-state index contributed by atoms with van der Waals surface area (Å²) in [5, 5.41) is 5.75. The number of nitrogens with one attached hydrogen (secondary N) is 1. The van der Waals surface area contributed by atoms with E-state index in [1.165, 1.54) is 0 Å². The highest BCUT2D eigenvalue weighted by atomic mass is 32.1. The van der Waals surface area contributed by atoms with Gasteiger partial charge in [0, 0.05) is 5.38 Å². The predicted molar refractivity (Wildman–Crippen MR) is 76.8 cm³/mol. The Morgan fingerprint density at radius 1 is 1.42 bits per heavy atom. The molecule has 0 spiro atoms. The summed E-state index contributed by atoms with van der Waals surface area (Å²) in [5.41, 5.74) is 7.83. The van der Waals surface area contributed by atoms with Gasteiger partial charge in [0.2, 0.25) is 5.91 Å². The SMILES string of the molecule is Cc1nc(CNC(=O)[C@@H](N)Cc2ccccc2)cs1. The molecule has 3 N–H and O–H groups in total. The summed E-state index contributed by atoms with van der Waals surface area (Å²) >= 11 is 1.57. The summed E-state index contributed by atoms with van der Waals surface area (Å²) < 4.78 is 0. The molecular weight excluding hydrogens is 258 g/mol. The standard InChI is InChI=1S/C14H17N3OS/c1-10-17-12(9-19-10)8-16-14(18)13(15)7-11-5-3-2-4-6-11/h2-6,9,13H,7-8,15H2,1H3,(H,16,18)/t13-/m0/s1. The summed E-state index contributed by atoms with van der Waals surface area (Å²) in [7, 11) is 0. The van der Waals surface area contributed by atoms with Gasteiger partial charge in [-0.05, 0) is 18.9 Å². The molecular formula is C14H17N3OS. The van der Waals surface area contributed by atoms with E-state index in [0.717, 1.165) is 16.3 Å². The number of nitrogens with zero attached hydrogens (tertiary/aromatic N) is 1. The molecule has 1 aromatic heterocycles. The van der Waals surface area contributed by atoms with Crippen molar-refractivity contribution in [3.8, 4) is 0 Å². The summed E-state index contributed by atoms with van der Waals surface area (Å²) in [6.45, 7) is 2.38. The molecule has 1 heterocycles. The highest BCUT2D eigenvalue weighted by Gasteiger charge is 2.13. The topological polar surface area (TPSA) is 68.0 Å². The van der Waals surface area contributed by atoms with Crippen molar-refractivity contribution < 1.29 is 4.79 Å². The van der Waals surface area contributed by atoms with Gasteiger partial charge in [-0.3, -0.25) is 4.79 Å². The maximum absolute atomic E-state index is 11.9. The maximum Gasteiger partial charge on any atom is 0.237 e. The molecule has 1 amide bonds. The van der Waals surface area contributed by atoms with Gasteiger partial charge in [-0.2, -0.15) is 0 Å². The Kier molecular flexibility index (Phi) is 4.65. The third-order valence-corrected chi connectivity index (χ3v) is 3.57. The van der Waals surface area contributed by atoms with Gasteiger partial charge in [0.25, 0.3) is 0 Å². The van der Waals surface area contributed by atoms with Crippen LogP contribution in [0.5, 0.6) is 0 Å². The van der Waals surface area contributed by atoms with E-state index in [0.29, 0.717) is 13.0 Å². The van der Waals surface area contributed by atoms with Gasteiger partial charge in [-0.15, -0.1) is 11.3 Å². The number of benzene rings is 1. The molecule has 0 unspecified atom stereocenters. The molecule has 0 bridgehead atoms. The van der Waals surface area contributed by atoms with Gasteiger partial charge in [0.15, 0.2) is 0 Å². The smallest absolute Gasteiger partial charge is 0.237 e. The van der Waals surface area contributed by atoms with Crippen molar-refractivity contribution in [2.45, 2.75) is 25.9 Å². The number of nitrogens with two attached hydrogens (primary N) is 1. The third kappa shape index (κ3) is 4.15. The first-order valence-corrected chi connectivity index (χ1v) is 7.01. The summed E-state index contributed by atoms with van der Waals surface area (Å²) in [4.78, 5) is 16.2. The predicted octanol–water partition coefficient (Wildman–Crippen LogP) is 1.64. The van der Waals surface area contributed by atoms with E-state index in [4.69, 9.17) is 5.73 Å². The molecule has 2 rings (SSSR count). The van der Waals surface area contributed by atoms with Crippen LogP contribution in [0.4, 0.5) is 0 Å². The first-order chi connectivity index (χ1) is 9.15. The molecule has 0 radical (unpaired) electrons. The van der Waals surface area contributed by atoms with Crippen LogP contribution in [0, 0.1) is 6.92 Å². The fraction of sp³-hybridized carbons (Fsp3) is 0.286. The van der Waals surface area contributed by atoms with Crippen LogP contribution in [-0.2, 0) is 17.8 Å². The van der Waals surface area contributed by atoms with Crippen molar-refractivity contribution in [1.82, 2.24) is 10.3 Å². The minimum absolute atomic E-state index is 0.144. The molecule has 0 aliphatic heterocycles. The van der Waals surface area contributed by atoms with Crippen molar-refractivity contribution >= 4 is 17.2 Å². The van der Waals surface area contributed by atoms with Crippen LogP contribution in [0.3, 0.4) is 0 Å². The van der Waals surface area contributed by atoms with Crippen LogP contribution >= 0.6 is 11.3 Å². The Bertz CT molecular complexity index is 539. The normalized spacial score (nSPS) is 12.1. The second-order valence-electron chi connectivity index (χ2n) is 4.37. The molecule has 1 aromatic carbocycles.